The van der Waals surface area contributed by atoms with Crippen LogP contribution in [-0.4, -0.2) is 16.2 Å². The van der Waals surface area contributed by atoms with Crippen molar-refractivity contribution >= 4 is 5.97 Å². The Balaban J connectivity index is 3.10. The Kier molecular flexibility index (Phi) is 3.72. The maximum atomic E-state index is 11.0. The summed E-state index contributed by atoms with van der Waals surface area (Å²) in [5.41, 5.74) is 1.62. The minimum Gasteiger partial charge on any atom is -0.508 e. The van der Waals surface area contributed by atoms with Gasteiger partial charge in [0.2, 0.25) is 0 Å². The highest BCUT2D eigenvalue weighted by Gasteiger charge is 2.12. The summed E-state index contributed by atoms with van der Waals surface area (Å²) in [4.78, 5) is 11.0. The highest BCUT2D eigenvalue weighted by atomic mass is 16.4. The molecule has 15 heavy (non-hydrogen) atoms. The highest BCUT2D eigenvalue weighted by molar-refractivity contribution is 5.90. The van der Waals surface area contributed by atoms with E-state index in [9.17, 15) is 9.90 Å². The number of phenolic OH excluding ortho intramolecular Hbond substituents is 1. The first-order valence-electron chi connectivity index (χ1n) is 5.12. The van der Waals surface area contributed by atoms with Crippen molar-refractivity contribution in [2.75, 3.05) is 0 Å². The zero-order chi connectivity index (χ0) is 11.4. The van der Waals surface area contributed by atoms with Gasteiger partial charge in [-0.05, 0) is 43.0 Å². The first-order chi connectivity index (χ1) is 7.06. The van der Waals surface area contributed by atoms with Crippen molar-refractivity contribution in [3.8, 4) is 5.75 Å². The third-order valence-electron chi connectivity index (χ3n) is 2.45. The molecule has 0 unspecified atom stereocenters. The van der Waals surface area contributed by atoms with Gasteiger partial charge in [-0.2, -0.15) is 0 Å². The molecule has 0 amide bonds. The van der Waals surface area contributed by atoms with Gasteiger partial charge in [0.15, 0.2) is 0 Å². The molecule has 0 aromatic heterocycles. The molecule has 0 heterocycles. The van der Waals surface area contributed by atoms with Crippen molar-refractivity contribution in [2.45, 2.75) is 33.1 Å². The van der Waals surface area contributed by atoms with Crippen LogP contribution >= 0.6 is 0 Å². The van der Waals surface area contributed by atoms with Crippen LogP contribution in [-0.2, 0) is 6.42 Å². The first kappa shape index (κ1) is 11.6. The summed E-state index contributed by atoms with van der Waals surface area (Å²) in [7, 11) is 0. The Bertz CT molecular complexity index is 369. The van der Waals surface area contributed by atoms with Crippen molar-refractivity contribution in [2.24, 2.45) is 0 Å². The number of unbranched alkanes of at least 4 members (excludes halogenated alkanes) is 1. The molecule has 0 atom stereocenters. The fourth-order valence-corrected chi connectivity index (χ4v) is 1.51. The minimum atomic E-state index is -0.927. The molecule has 0 aliphatic carbocycles. The summed E-state index contributed by atoms with van der Waals surface area (Å²) in [6.45, 7) is 3.75. The zero-order valence-electron chi connectivity index (χ0n) is 9.08. The van der Waals surface area contributed by atoms with Gasteiger partial charge in [0, 0.05) is 0 Å². The van der Waals surface area contributed by atoms with Crippen molar-refractivity contribution in [1.29, 1.82) is 0 Å². The fraction of sp³-hybridized carbons (Fsp3) is 0.417. The Morgan fingerprint density at radius 1 is 1.40 bits per heavy atom. The SMILES string of the molecule is CCCCc1cc(O)c(C)cc1C(=O)O. The minimum absolute atomic E-state index is 0.172. The van der Waals surface area contributed by atoms with Gasteiger partial charge < -0.3 is 10.2 Å². The van der Waals surface area contributed by atoms with E-state index in [1.165, 1.54) is 6.07 Å². The van der Waals surface area contributed by atoms with Crippen LogP contribution in [0.25, 0.3) is 0 Å². The third kappa shape index (κ3) is 2.72. The second-order valence-corrected chi connectivity index (χ2v) is 3.70. The quantitative estimate of drug-likeness (QED) is 0.799. The Hall–Kier alpha value is -1.51. The number of aromatic hydroxyl groups is 1. The summed E-state index contributed by atoms with van der Waals surface area (Å²) < 4.78 is 0. The average Bonchev–Trinajstić information content (AvgIpc) is 2.19. The lowest BCUT2D eigenvalue weighted by Crippen LogP contribution is -2.03. The molecular weight excluding hydrogens is 192 g/mol. The number of phenols is 1. The maximum Gasteiger partial charge on any atom is 0.335 e. The van der Waals surface area contributed by atoms with E-state index in [0.717, 1.165) is 12.8 Å². The first-order valence-corrected chi connectivity index (χ1v) is 5.12. The molecule has 3 nitrogen and oxygen atoms in total. The smallest absolute Gasteiger partial charge is 0.335 e. The van der Waals surface area contributed by atoms with Gasteiger partial charge in [0.05, 0.1) is 5.56 Å². The normalized spacial score (nSPS) is 10.3. The van der Waals surface area contributed by atoms with Gasteiger partial charge in [-0.3, -0.25) is 0 Å². The van der Waals surface area contributed by atoms with E-state index >= 15 is 0 Å². The summed E-state index contributed by atoms with van der Waals surface area (Å²) in [5.74, 6) is -0.754. The van der Waals surface area contributed by atoms with E-state index in [1.807, 2.05) is 0 Å². The molecule has 0 bridgehead atoms. The van der Waals surface area contributed by atoms with E-state index in [1.54, 1.807) is 13.0 Å². The van der Waals surface area contributed by atoms with Crippen molar-refractivity contribution in [3.63, 3.8) is 0 Å². The van der Waals surface area contributed by atoms with Gasteiger partial charge in [0.25, 0.3) is 0 Å². The van der Waals surface area contributed by atoms with Gasteiger partial charge in [-0.15, -0.1) is 0 Å². The van der Waals surface area contributed by atoms with E-state index < -0.39 is 5.97 Å². The van der Waals surface area contributed by atoms with Crippen molar-refractivity contribution < 1.29 is 15.0 Å². The summed E-state index contributed by atoms with van der Waals surface area (Å²) in [5, 5.41) is 18.5. The average molecular weight is 208 g/mol. The molecule has 0 radical (unpaired) electrons. The van der Waals surface area contributed by atoms with Gasteiger partial charge in [0.1, 0.15) is 5.75 Å². The number of hydrogen-bond acceptors (Lipinski definition) is 2. The van der Waals surface area contributed by atoms with Gasteiger partial charge >= 0.3 is 5.97 Å². The number of carboxylic acids is 1. The molecule has 0 spiro atoms. The van der Waals surface area contributed by atoms with Crippen molar-refractivity contribution in [1.82, 2.24) is 0 Å². The van der Waals surface area contributed by atoms with E-state index in [-0.39, 0.29) is 5.75 Å². The van der Waals surface area contributed by atoms with Crippen LogP contribution in [0.1, 0.15) is 41.3 Å². The molecule has 82 valence electrons. The topological polar surface area (TPSA) is 57.5 Å². The lowest BCUT2D eigenvalue weighted by molar-refractivity contribution is 0.0695. The molecule has 0 saturated carbocycles. The van der Waals surface area contributed by atoms with Crippen molar-refractivity contribution in [3.05, 3.63) is 28.8 Å². The van der Waals surface area contributed by atoms with E-state index in [2.05, 4.69) is 6.92 Å². The second kappa shape index (κ2) is 4.82. The van der Waals surface area contributed by atoms with Crippen LogP contribution in [0.15, 0.2) is 12.1 Å². The molecule has 1 aromatic carbocycles. The summed E-state index contributed by atoms with van der Waals surface area (Å²) in [6, 6.07) is 3.09. The number of aryl methyl sites for hydroxylation is 2. The van der Waals surface area contributed by atoms with Crippen LogP contribution in [0.4, 0.5) is 0 Å². The van der Waals surface area contributed by atoms with Gasteiger partial charge in [-0.25, -0.2) is 4.79 Å². The van der Waals surface area contributed by atoms with Crippen LogP contribution in [0.5, 0.6) is 5.75 Å². The Morgan fingerprint density at radius 3 is 2.60 bits per heavy atom. The van der Waals surface area contributed by atoms with E-state index in [0.29, 0.717) is 23.1 Å². The molecule has 2 N–H and O–H groups in total. The lowest BCUT2D eigenvalue weighted by Gasteiger charge is -2.08. The third-order valence-corrected chi connectivity index (χ3v) is 2.45. The molecular formula is C12H16O3. The molecule has 0 saturated heterocycles. The molecule has 0 fully saturated rings. The Morgan fingerprint density at radius 2 is 2.07 bits per heavy atom. The number of rotatable bonds is 4. The van der Waals surface area contributed by atoms with Crippen LogP contribution in [0.3, 0.4) is 0 Å². The summed E-state index contributed by atoms with van der Waals surface area (Å²) in [6.07, 6.45) is 2.64. The molecule has 1 rings (SSSR count). The maximum absolute atomic E-state index is 11.0. The predicted molar refractivity (Wildman–Crippen MR) is 58.4 cm³/mol. The lowest BCUT2D eigenvalue weighted by atomic mass is 9.99. The number of carboxylic acid groups (broad SMARTS) is 1. The largest absolute Gasteiger partial charge is 0.508 e. The zero-order valence-corrected chi connectivity index (χ0v) is 9.08. The number of carbonyl (C=O) groups is 1. The number of benzene rings is 1. The van der Waals surface area contributed by atoms with Gasteiger partial charge in [-0.1, -0.05) is 13.3 Å². The fourth-order valence-electron chi connectivity index (χ4n) is 1.51. The number of aromatic carboxylic acids is 1. The van der Waals surface area contributed by atoms with E-state index in [4.69, 9.17) is 5.11 Å². The summed E-state index contributed by atoms with van der Waals surface area (Å²) >= 11 is 0. The molecule has 0 aliphatic heterocycles. The van der Waals surface area contributed by atoms with Crippen LogP contribution in [0.2, 0.25) is 0 Å². The predicted octanol–water partition coefficient (Wildman–Crippen LogP) is 2.74. The number of hydrogen-bond donors (Lipinski definition) is 2. The highest BCUT2D eigenvalue weighted by Crippen LogP contribution is 2.23. The monoisotopic (exact) mass is 208 g/mol. The Labute approximate surface area is 89.4 Å². The van der Waals surface area contributed by atoms with Crippen LogP contribution < -0.4 is 0 Å². The molecule has 1 aromatic rings. The standard InChI is InChI=1S/C12H16O3/c1-3-4-5-9-7-11(13)8(2)6-10(9)12(14)15/h6-7,13H,3-5H2,1-2H3,(H,14,15). The second-order valence-electron chi connectivity index (χ2n) is 3.70. The molecule has 0 aliphatic rings. The molecule has 3 heteroatoms. The van der Waals surface area contributed by atoms with Crippen LogP contribution in [0, 0.1) is 6.92 Å².